The van der Waals surface area contributed by atoms with Gasteiger partial charge in [-0.1, -0.05) is 12.1 Å². The summed E-state index contributed by atoms with van der Waals surface area (Å²) in [4.78, 5) is 54.5. The number of hydrogen-bond donors (Lipinski definition) is 1. The lowest BCUT2D eigenvalue weighted by Crippen LogP contribution is -2.57. The highest BCUT2D eigenvalue weighted by molar-refractivity contribution is 6.08. The van der Waals surface area contributed by atoms with Crippen LogP contribution in [0.5, 0.6) is 0 Å². The standard InChI is InChI=1S/C18H21N5O6/c1-2-29-17(26)14-15(12-3-5-13(6-4-12)23(27)28)19-18(20-16(14)25)22-9-7-21(11-24)8-10-22/h3-6,11,14-15H,2,7-10H2,1H3,(H,19,20,25)/t14-,15-/m0/s1. The molecule has 2 atom stereocenters. The molecule has 29 heavy (non-hydrogen) atoms. The topological polar surface area (TPSA) is 134 Å². The number of hydrogen-bond acceptors (Lipinski definition) is 8. The first-order valence-corrected chi connectivity index (χ1v) is 9.18. The molecule has 11 heteroatoms. The van der Waals surface area contributed by atoms with Crippen molar-refractivity contribution in [3.63, 3.8) is 0 Å². The van der Waals surface area contributed by atoms with Gasteiger partial charge < -0.3 is 14.5 Å². The van der Waals surface area contributed by atoms with Gasteiger partial charge in [0.2, 0.25) is 18.3 Å². The molecule has 154 valence electrons. The van der Waals surface area contributed by atoms with Gasteiger partial charge in [0.25, 0.3) is 5.69 Å². The molecule has 0 spiro atoms. The SMILES string of the molecule is CCOC(=O)[C@@H]1C(=O)NC(N2CCN(C=O)CC2)=N[C@H]1c1ccc([N+](=O)[O-])cc1. The van der Waals surface area contributed by atoms with Gasteiger partial charge in [0.15, 0.2) is 5.92 Å². The molecule has 0 radical (unpaired) electrons. The van der Waals surface area contributed by atoms with Crippen molar-refractivity contribution in [2.75, 3.05) is 32.8 Å². The fourth-order valence-electron chi connectivity index (χ4n) is 3.30. The summed E-state index contributed by atoms with van der Waals surface area (Å²) in [5.74, 6) is -2.14. The molecule has 0 unspecified atom stereocenters. The molecule has 2 aliphatic heterocycles. The number of non-ortho nitro benzene ring substituents is 1. The van der Waals surface area contributed by atoms with Crippen LogP contribution in [0.2, 0.25) is 0 Å². The van der Waals surface area contributed by atoms with Crippen LogP contribution in [-0.2, 0) is 19.1 Å². The zero-order valence-corrected chi connectivity index (χ0v) is 15.8. The average Bonchev–Trinajstić information content (AvgIpc) is 2.73. The third kappa shape index (κ3) is 4.33. The van der Waals surface area contributed by atoms with Gasteiger partial charge in [0.1, 0.15) is 6.04 Å². The largest absolute Gasteiger partial charge is 0.465 e. The van der Waals surface area contributed by atoms with Gasteiger partial charge in [0.05, 0.1) is 11.5 Å². The Bertz CT molecular complexity index is 832. The zero-order valence-electron chi connectivity index (χ0n) is 15.8. The van der Waals surface area contributed by atoms with Crippen molar-refractivity contribution in [3.05, 3.63) is 39.9 Å². The van der Waals surface area contributed by atoms with Gasteiger partial charge in [0, 0.05) is 38.3 Å². The highest BCUT2D eigenvalue weighted by atomic mass is 16.6. The molecule has 1 aromatic rings. The normalized spacial score (nSPS) is 21.8. The quantitative estimate of drug-likeness (QED) is 0.242. The van der Waals surface area contributed by atoms with E-state index in [4.69, 9.17) is 4.74 Å². The smallest absolute Gasteiger partial charge is 0.321 e. The molecule has 2 aliphatic rings. The van der Waals surface area contributed by atoms with Gasteiger partial charge in [-0.15, -0.1) is 0 Å². The Morgan fingerprint density at radius 1 is 1.31 bits per heavy atom. The van der Waals surface area contributed by atoms with E-state index in [-0.39, 0.29) is 12.3 Å². The van der Waals surface area contributed by atoms with Crippen molar-refractivity contribution >= 4 is 29.9 Å². The summed E-state index contributed by atoms with van der Waals surface area (Å²) in [6.45, 7) is 3.69. The highest BCUT2D eigenvalue weighted by Crippen LogP contribution is 2.32. The molecule has 3 rings (SSSR count). The zero-order chi connectivity index (χ0) is 21.0. The van der Waals surface area contributed by atoms with Crippen molar-refractivity contribution < 1.29 is 24.0 Å². The fourth-order valence-corrected chi connectivity index (χ4v) is 3.30. The van der Waals surface area contributed by atoms with Crippen LogP contribution >= 0.6 is 0 Å². The number of piperazine rings is 1. The molecular weight excluding hydrogens is 382 g/mol. The average molecular weight is 403 g/mol. The summed E-state index contributed by atoms with van der Waals surface area (Å²) in [6, 6.07) is 4.71. The third-order valence-electron chi connectivity index (χ3n) is 4.84. The minimum absolute atomic E-state index is 0.101. The first-order chi connectivity index (χ1) is 13.9. The number of guanidine groups is 1. The number of carbonyl (C=O) groups is 3. The second kappa shape index (κ2) is 8.67. The predicted octanol–water partition coefficient (Wildman–Crippen LogP) is 0.0750. The van der Waals surface area contributed by atoms with Crippen molar-refractivity contribution in [1.82, 2.24) is 15.1 Å². The number of nitrogens with one attached hydrogen (secondary N) is 1. The van der Waals surface area contributed by atoms with E-state index in [1.807, 2.05) is 4.90 Å². The maximum atomic E-state index is 12.7. The van der Waals surface area contributed by atoms with Gasteiger partial charge in [-0.2, -0.15) is 0 Å². The number of nitro benzene ring substituents is 1. The number of carbonyl (C=O) groups excluding carboxylic acids is 3. The lowest BCUT2D eigenvalue weighted by atomic mass is 9.91. The molecule has 0 bridgehead atoms. The van der Waals surface area contributed by atoms with Crippen LogP contribution < -0.4 is 5.32 Å². The first kappa shape index (κ1) is 20.2. The van der Waals surface area contributed by atoms with Crippen LogP contribution in [0.25, 0.3) is 0 Å². The van der Waals surface area contributed by atoms with Crippen LogP contribution in [0.3, 0.4) is 0 Å². The lowest BCUT2D eigenvalue weighted by molar-refractivity contribution is -0.384. The van der Waals surface area contributed by atoms with E-state index in [9.17, 15) is 24.5 Å². The van der Waals surface area contributed by atoms with Crippen molar-refractivity contribution in [3.8, 4) is 0 Å². The fraction of sp³-hybridized carbons (Fsp3) is 0.444. The second-order valence-corrected chi connectivity index (χ2v) is 6.59. The summed E-state index contributed by atoms with van der Waals surface area (Å²) in [5, 5.41) is 13.6. The van der Waals surface area contributed by atoms with Crippen LogP contribution in [0.1, 0.15) is 18.5 Å². The van der Waals surface area contributed by atoms with Gasteiger partial charge >= 0.3 is 5.97 Å². The number of nitrogens with zero attached hydrogens (tertiary/aromatic N) is 4. The molecular formula is C18H21N5O6. The molecule has 1 fully saturated rings. The van der Waals surface area contributed by atoms with E-state index < -0.39 is 28.8 Å². The Morgan fingerprint density at radius 2 is 1.97 bits per heavy atom. The van der Waals surface area contributed by atoms with Crippen LogP contribution in [0.15, 0.2) is 29.3 Å². The summed E-state index contributed by atoms with van der Waals surface area (Å²) in [6.07, 6.45) is 0.773. The summed E-state index contributed by atoms with van der Waals surface area (Å²) >= 11 is 0. The number of esters is 1. The molecule has 1 saturated heterocycles. The molecule has 2 heterocycles. The number of aliphatic imine (C=N–C) groups is 1. The molecule has 0 saturated carbocycles. The van der Waals surface area contributed by atoms with Gasteiger partial charge in [-0.05, 0) is 12.5 Å². The van der Waals surface area contributed by atoms with E-state index in [0.717, 1.165) is 6.41 Å². The van der Waals surface area contributed by atoms with E-state index in [1.54, 1.807) is 11.8 Å². The number of nitro groups is 1. The number of amides is 2. The van der Waals surface area contributed by atoms with Gasteiger partial charge in [-0.3, -0.25) is 29.8 Å². The molecule has 2 amide bonds. The van der Waals surface area contributed by atoms with E-state index >= 15 is 0 Å². The second-order valence-electron chi connectivity index (χ2n) is 6.59. The molecule has 11 nitrogen and oxygen atoms in total. The minimum atomic E-state index is -1.20. The van der Waals surface area contributed by atoms with Crippen molar-refractivity contribution in [1.29, 1.82) is 0 Å². The maximum Gasteiger partial charge on any atom is 0.321 e. The Morgan fingerprint density at radius 3 is 2.52 bits per heavy atom. The lowest BCUT2D eigenvalue weighted by Gasteiger charge is -2.37. The summed E-state index contributed by atoms with van der Waals surface area (Å²) < 4.78 is 5.04. The summed E-state index contributed by atoms with van der Waals surface area (Å²) in [7, 11) is 0. The van der Waals surface area contributed by atoms with Crippen molar-refractivity contribution in [2.24, 2.45) is 10.9 Å². The van der Waals surface area contributed by atoms with Crippen molar-refractivity contribution in [2.45, 2.75) is 13.0 Å². The van der Waals surface area contributed by atoms with E-state index in [1.165, 1.54) is 24.3 Å². The van der Waals surface area contributed by atoms with Crippen LogP contribution in [0, 0.1) is 16.0 Å². The Labute approximate surface area is 166 Å². The monoisotopic (exact) mass is 403 g/mol. The number of ether oxygens (including phenoxy) is 1. The predicted molar refractivity (Wildman–Crippen MR) is 101 cm³/mol. The summed E-state index contributed by atoms with van der Waals surface area (Å²) in [5.41, 5.74) is 0.392. The Hall–Kier alpha value is -3.50. The maximum absolute atomic E-state index is 12.7. The van der Waals surface area contributed by atoms with E-state index in [0.29, 0.717) is 37.7 Å². The Kier molecular flexibility index (Phi) is 6.05. The molecule has 0 aliphatic carbocycles. The van der Waals surface area contributed by atoms with Gasteiger partial charge in [-0.25, -0.2) is 4.99 Å². The molecule has 0 aromatic heterocycles. The number of rotatable bonds is 5. The highest BCUT2D eigenvalue weighted by Gasteiger charge is 2.42. The number of benzene rings is 1. The molecule has 1 N–H and O–H groups in total. The van der Waals surface area contributed by atoms with E-state index in [2.05, 4.69) is 10.3 Å². The molecule has 1 aromatic carbocycles. The first-order valence-electron chi connectivity index (χ1n) is 9.18. The van der Waals surface area contributed by atoms with Crippen LogP contribution in [-0.4, -0.2) is 71.8 Å². The Balaban J connectivity index is 1.93. The van der Waals surface area contributed by atoms with Crippen LogP contribution in [0.4, 0.5) is 5.69 Å². The minimum Gasteiger partial charge on any atom is -0.465 e. The third-order valence-corrected chi connectivity index (χ3v) is 4.84.